The minimum atomic E-state index is -0.373. The van der Waals surface area contributed by atoms with Crippen molar-refractivity contribution in [3.05, 3.63) is 41.2 Å². The first-order chi connectivity index (χ1) is 13.6. The van der Waals surface area contributed by atoms with E-state index in [-0.39, 0.29) is 27.8 Å². The Morgan fingerprint density at radius 3 is 2.52 bits per heavy atom. The van der Waals surface area contributed by atoms with E-state index < -0.39 is 0 Å². The van der Waals surface area contributed by atoms with E-state index in [1.165, 1.54) is 18.7 Å². The summed E-state index contributed by atoms with van der Waals surface area (Å²) in [5, 5.41) is 11.9. The number of ketones is 1. The molecule has 2 aliphatic carbocycles. The summed E-state index contributed by atoms with van der Waals surface area (Å²) in [7, 11) is 0. The maximum absolute atomic E-state index is 12.6. The summed E-state index contributed by atoms with van der Waals surface area (Å²) in [4.78, 5) is 28.8. The fraction of sp³-hybridized carbons (Fsp3) is 0.500. The highest BCUT2D eigenvalue weighted by Crippen LogP contribution is 2.66. The number of anilines is 1. The predicted molar refractivity (Wildman–Crippen MR) is 113 cm³/mol. The van der Waals surface area contributed by atoms with Crippen LogP contribution in [0.3, 0.4) is 0 Å². The summed E-state index contributed by atoms with van der Waals surface area (Å²) in [5.41, 5.74) is 3.53. The number of fused-ring (bicyclic) bond motifs is 5. The van der Waals surface area contributed by atoms with Gasteiger partial charge in [0.25, 0.3) is 0 Å². The van der Waals surface area contributed by atoms with Crippen LogP contribution in [-0.4, -0.2) is 32.1 Å². The Kier molecular flexibility index (Phi) is 4.76. The van der Waals surface area contributed by atoms with Crippen molar-refractivity contribution in [3.8, 4) is 0 Å². The normalized spacial score (nSPS) is 24.8. The maximum Gasteiger partial charge on any atom is 0.237 e. The molecule has 0 aliphatic heterocycles. The van der Waals surface area contributed by atoms with Gasteiger partial charge in [0.1, 0.15) is 0 Å². The Bertz CT molecular complexity index is 989. The molecule has 1 fully saturated rings. The molecule has 0 saturated heterocycles. The first-order valence-electron chi connectivity index (χ1n) is 9.97. The van der Waals surface area contributed by atoms with E-state index >= 15 is 0 Å². The molecule has 1 saturated carbocycles. The Labute approximate surface area is 175 Å². The van der Waals surface area contributed by atoms with Crippen molar-refractivity contribution in [2.75, 3.05) is 5.32 Å². The lowest BCUT2D eigenvalue weighted by Crippen LogP contribution is -2.32. The smallest absolute Gasteiger partial charge is 0.237 e. The second-order valence-corrected chi connectivity index (χ2v) is 10.2. The molecule has 0 radical (unpaired) electrons. The maximum atomic E-state index is 12.6. The first kappa shape index (κ1) is 20.0. The van der Waals surface area contributed by atoms with Crippen LogP contribution in [-0.2, 0) is 10.2 Å². The van der Waals surface area contributed by atoms with Crippen molar-refractivity contribution < 1.29 is 9.59 Å². The van der Waals surface area contributed by atoms with Crippen LogP contribution < -0.4 is 5.32 Å². The van der Waals surface area contributed by atoms with Crippen molar-refractivity contribution in [1.29, 1.82) is 0 Å². The number of aromatic nitrogens is 3. The van der Waals surface area contributed by atoms with Gasteiger partial charge in [-0.3, -0.25) is 9.59 Å². The van der Waals surface area contributed by atoms with Crippen LogP contribution in [0.15, 0.2) is 29.4 Å². The Morgan fingerprint density at radius 2 is 1.86 bits per heavy atom. The standard InChI is InChI=1S/C22H26N4O2S/c1-12(27)14-6-8-15(9-7-14)23-19(28)13(2)29-20-24-18-17(25-26-20)16-10-11-22(18,5)21(16,3)4/h6-9,13,16H,10-11H2,1-5H3,(H,23,28)/t13-,16+,22+/m0/s1. The van der Waals surface area contributed by atoms with Gasteiger partial charge in [-0.15, -0.1) is 5.10 Å². The summed E-state index contributed by atoms with van der Waals surface area (Å²) in [5.74, 6) is 0.279. The van der Waals surface area contributed by atoms with E-state index in [0.717, 1.165) is 24.2 Å². The molecule has 2 bridgehead atoms. The second-order valence-electron chi connectivity index (χ2n) is 8.86. The molecule has 0 spiro atoms. The molecule has 7 heteroatoms. The predicted octanol–water partition coefficient (Wildman–Crippen LogP) is 4.37. The molecule has 152 valence electrons. The Hall–Kier alpha value is -2.28. The van der Waals surface area contributed by atoms with Crippen molar-refractivity contribution in [1.82, 2.24) is 15.2 Å². The molecule has 1 aromatic heterocycles. The molecule has 29 heavy (non-hydrogen) atoms. The highest BCUT2D eigenvalue weighted by molar-refractivity contribution is 8.00. The van der Waals surface area contributed by atoms with E-state index in [2.05, 4.69) is 36.3 Å². The van der Waals surface area contributed by atoms with Crippen LogP contribution in [0.25, 0.3) is 0 Å². The van der Waals surface area contributed by atoms with Gasteiger partial charge in [0.2, 0.25) is 11.1 Å². The van der Waals surface area contributed by atoms with Crippen LogP contribution in [0.5, 0.6) is 0 Å². The third kappa shape index (κ3) is 3.16. The number of Topliss-reactive ketones (excluding diaryl/α,β-unsaturated/α-hetero) is 1. The lowest BCUT2D eigenvalue weighted by atomic mass is 9.70. The molecule has 1 amide bonds. The molecule has 2 aromatic rings. The zero-order chi connectivity index (χ0) is 21.0. The van der Waals surface area contributed by atoms with Gasteiger partial charge in [0.15, 0.2) is 5.78 Å². The zero-order valence-electron chi connectivity index (χ0n) is 17.4. The van der Waals surface area contributed by atoms with Crippen LogP contribution in [0, 0.1) is 5.41 Å². The average molecular weight is 411 g/mol. The molecule has 1 N–H and O–H groups in total. The van der Waals surface area contributed by atoms with Gasteiger partial charge < -0.3 is 5.32 Å². The number of hydrogen-bond donors (Lipinski definition) is 1. The van der Waals surface area contributed by atoms with Gasteiger partial charge in [-0.1, -0.05) is 32.5 Å². The lowest BCUT2D eigenvalue weighted by molar-refractivity contribution is -0.115. The number of carbonyl (C=O) groups is 2. The van der Waals surface area contributed by atoms with Gasteiger partial charge >= 0.3 is 0 Å². The first-order valence-corrected chi connectivity index (χ1v) is 10.8. The largest absolute Gasteiger partial charge is 0.325 e. The van der Waals surface area contributed by atoms with Crippen LogP contribution >= 0.6 is 11.8 Å². The van der Waals surface area contributed by atoms with Gasteiger partial charge in [-0.25, -0.2) is 4.98 Å². The molecule has 1 aromatic carbocycles. The SMILES string of the molecule is CC(=O)c1ccc(NC(=O)[C@H](C)Sc2nnc3c(n2)[C@@]2(C)CC[C@H]3C2(C)C)cc1. The topological polar surface area (TPSA) is 84.8 Å². The van der Waals surface area contributed by atoms with Crippen molar-refractivity contribution >= 4 is 29.1 Å². The number of amides is 1. The quantitative estimate of drug-likeness (QED) is 0.582. The summed E-state index contributed by atoms with van der Waals surface area (Å²) < 4.78 is 0. The van der Waals surface area contributed by atoms with Gasteiger partial charge in [0, 0.05) is 22.6 Å². The number of hydrogen-bond acceptors (Lipinski definition) is 6. The Morgan fingerprint density at radius 1 is 1.17 bits per heavy atom. The lowest BCUT2D eigenvalue weighted by Gasteiger charge is -2.34. The number of nitrogens with zero attached hydrogens (tertiary/aromatic N) is 3. The number of rotatable bonds is 5. The van der Waals surface area contributed by atoms with Gasteiger partial charge in [-0.2, -0.15) is 5.10 Å². The fourth-order valence-electron chi connectivity index (χ4n) is 4.66. The molecule has 2 aliphatic rings. The van der Waals surface area contributed by atoms with Crippen LogP contribution in [0.2, 0.25) is 0 Å². The van der Waals surface area contributed by atoms with Crippen molar-refractivity contribution in [2.24, 2.45) is 5.41 Å². The summed E-state index contributed by atoms with van der Waals surface area (Å²) in [6.07, 6.45) is 2.26. The molecule has 4 rings (SSSR count). The molecule has 3 atom stereocenters. The molecular weight excluding hydrogens is 384 g/mol. The third-order valence-corrected chi connectivity index (χ3v) is 7.93. The molecule has 6 nitrogen and oxygen atoms in total. The number of thioether (sulfide) groups is 1. The number of benzene rings is 1. The number of carbonyl (C=O) groups excluding carboxylic acids is 2. The Balaban J connectivity index is 1.46. The van der Waals surface area contributed by atoms with E-state index in [1.54, 1.807) is 24.3 Å². The van der Waals surface area contributed by atoms with Crippen molar-refractivity contribution in [2.45, 2.75) is 69.2 Å². The van der Waals surface area contributed by atoms with E-state index in [1.807, 2.05) is 6.92 Å². The monoisotopic (exact) mass is 410 g/mol. The minimum Gasteiger partial charge on any atom is -0.325 e. The van der Waals surface area contributed by atoms with E-state index in [0.29, 0.717) is 22.3 Å². The summed E-state index contributed by atoms with van der Waals surface area (Å²) in [6, 6.07) is 6.89. The van der Waals surface area contributed by atoms with E-state index in [4.69, 9.17) is 4.98 Å². The summed E-state index contributed by atoms with van der Waals surface area (Å²) >= 11 is 1.32. The summed E-state index contributed by atoms with van der Waals surface area (Å²) in [6.45, 7) is 10.2. The van der Waals surface area contributed by atoms with Crippen LogP contribution in [0.4, 0.5) is 5.69 Å². The molecular formula is C22H26N4O2S. The second kappa shape index (κ2) is 6.90. The average Bonchev–Trinajstić information content (AvgIpc) is 3.01. The number of nitrogens with one attached hydrogen (secondary N) is 1. The molecule has 1 heterocycles. The molecule has 0 unspecified atom stereocenters. The van der Waals surface area contributed by atoms with Gasteiger partial charge in [-0.05, 0) is 56.4 Å². The van der Waals surface area contributed by atoms with Crippen molar-refractivity contribution in [3.63, 3.8) is 0 Å². The third-order valence-electron chi connectivity index (χ3n) is 6.98. The van der Waals surface area contributed by atoms with Gasteiger partial charge in [0.05, 0.1) is 16.6 Å². The minimum absolute atomic E-state index is 0.00127. The highest BCUT2D eigenvalue weighted by atomic mass is 32.2. The fourth-order valence-corrected chi connectivity index (χ4v) is 5.37. The highest BCUT2D eigenvalue weighted by Gasteiger charge is 2.61. The zero-order valence-corrected chi connectivity index (χ0v) is 18.3. The van der Waals surface area contributed by atoms with Crippen LogP contribution in [0.1, 0.15) is 75.1 Å². The van der Waals surface area contributed by atoms with E-state index in [9.17, 15) is 9.59 Å².